The molecule has 4 aromatic rings. The quantitative estimate of drug-likeness (QED) is 0.178. The number of pyridine rings is 2. The third-order valence-corrected chi connectivity index (χ3v) is 8.43. The van der Waals surface area contributed by atoms with Gasteiger partial charge in [0.15, 0.2) is 5.69 Å². The van der Waals surface area contributed by atoms with Crippen molar-refractivity contribution >= 4 is 46.0 Å². The third kappa shape index (κ3) is 7.05. The zero-order chi connectivity index (χ0) is 32.5. The molecule has 0 spiro atoms. The van der Waals surface area contributed by atoms with Crippen molar-refractivity contribution in [2.24, 2.45) is 13.0 Å². The smallest absolute Gasteiger partial charge is 0.281 e. The van der Waals surface area contributed by atoms with Gasteiger partial charge < -0.3 is 15.0 Å². The van der Waals surface area contributed by atoms with Crippen LogP contribution in [0.1, 0.15) is 41.0 Å². The molecule has 5 rings (SSSR count). The first-order valence-corrected chi connectivity index (χ1v) is 15.9. The molecule has 10 nitrogen and oxygen atoms in total. The van der Waals surface area contributed by atoms with Crippen LogP contribution in [0.15, 0.2) is 47.4 Å². The van der Waals surface area contributed by atoms with E-state index in [1.807, 2.05) is 19.9 Å². The van der Waals surface area contributed by atoms with Crippen LogP contribution in [-0.4, -0.2) is 69.2 Å². The topological polar surface area (TPSA) is 114 Å². The van der Waals surface area contributed by atoms with E-state index in [1.165, 1.54) is 10.8 Å². The average molecular weight is 658 g/mol. The monoisotopic (exact) mass is 657 g/mol. The molecular weight excluding hydrogens is 624 g/mol. The van der Waals surface area contributed by atoms with Crippen LogP contribution < -0.4 is 20.3 Å². The van der Waals surface area contributed by atoms with Gasteiger partial charge in [0.05, 0.1) is 41.7 Å². The van der Waals surface area contributed by atoms with Crippen LogP contribution in [-0.2, 0) is 7.05 Å². The van der Waals surface area contributed by atoms with E-state index >= 15 is 0 Å². The van der Waals surface area contributed by atoms with Gasteiger partial charge in [-0.3, -0.25) is 18.9 Å². The largest absolute Gasteiger partial charge is 0.477 e. The fourth-order valence-corrected chi connectivity index (χ4v) is 5.89. The Morgan fingerprint density at radius 3 is 2.69 bits per heavy atom. The Morgan fingerprint density at radius 2 is 2.00 bits per heavy atom. The highest BCUT2D eigenvalue weighted by atomic mass is 35.5. The SMILES string of the molecule is CSNC(=O)c1nc(Cl)ccc1NC(C)c1cc(C)cc2c(=O)n(C)c(-c3ccc(OCC4CCN(C)CC4(F)F)nc3)nc12. The predicted octanol–water partition coefficient (Wildman–Crippen LogP) is 5.50. The first-order valence-electron chi connectivity index (χ1n) is 14.3. The van der Waals surface area contributed by atoms with E-state index in [-0.39, 0.29) is 35.4 Å². The lowest BCUT2D eigenvalue weighted by Gasteiger charge is -2.36. The van der Waals surface area contributed by atoms with Crippen LogP contribution in [0.25, 0.3) is 22.3 Å². The number of rotatable bonds is 9. The molecule has 14 heteroatoms. The summed E-state index contributed by atoms with van der Waals surface area (Å²) in [5.41, 5.74) is 3.00. The molecular formula is C31H34ClF2N7O3S. The molecule has 0 radical (unpaired) electrons. The summed E-state index contributed by atoms with van der Waals surface area (Å²) in [6.45, 7) is 3.94. The molecule has 0 aliphatic carbocycles. The number of aryl methyl sites for hydroxylation is 1. The van der Waals surface area contributed by atoms with E-state index in [2.05, 4.69) is 20.0 Å². The number of hydrogen-bond donors (Lipinski definition) is 2. The molecule has 1 aliphatic rings. The summed E-state index contributed by atoms with van der Waals surface area (Å²) in [6, 6.07) is 9.90. The molecule has 1 fully saturated rings. The summed E-state index contributed by atoms with van der Waals surface area (Å²) in [4.78, 5) is 41.3. The molecule has 2 atom stereocenters. The number of nitrogens with one attached hydrogen (secondary N) is 2. The van der Waals surface area contributed by atoms with Gasteiger partial charge >= 0.3 is 0 Å². The minimum atomic E-state index is -2.84. The molecule has 0 saturated carbocycles. The molecule has 1 aromatic carbocycles. The van der Waals surface area contributed by atoms with Crippen LogP contribution in [0.5, 0.6) is 5.88 Å². The van der Waals surface area contributed by atoms with Crippen LogP contribution in [0.2, 0.25) is 5.15 Å². The van der Waals surface area contributed by atoms with Gasteiger partial charge in [-0.25, -0.2) is 23.7 Å². The number of carbonyl (C=O) groups is 1. The molecule has 3 aromatic heterocycles. The highest BCUT2D eigenvalue weighted by Gasteiger charge is 2.44. The number of amides is 1. The number of anilines is 1. The van der Waals surface area contributed by atoms with Gasteiger partial charge in [0.1, 0.15) is 11.0 Å². The average Bonchev–Trinajstić information content (AvgIpc) is 2.99. The Labute approximate surface area is 268 Å². The number of aromatic nitrogens is 4. The number of benzene rings is 1. The fourth-order valence-electron chi connectivity index (χ4n) is 5.46. The van der Waals surface area contributed by atoms with E-state index in [0.29, 0.717) is 40.9 Å². The number of alkyl halides is 2. The van der Waals surface area contributed by atoms with E-state index < -0.39 is 23.8 Å². The Balaban J connectivity index is 1.45. The lowest BCUT2D eigenvalue weighted by atomic mass is 9.94. The summed E-state index contributed by atoms with van der Waals surface area (Å²) in [6.07, 6.45) is 3.58. The summed E-state index contributed by atoms with van der Waals surface area (Å²) in [5.74, 6) is -3.54. The van der Waals surface area contributed by atoms with Gasteiger partial charge in [-0.05, 0) is 63.7 Å². The zero-order valence-electron chi connectivity index (χ0n) is 25.5. The van der Waals surface area contributed by atoms with E-state index in [1.54, 1.807) is 55.6 Å². The van der Waals surface area contributed by atoms with Crippen molar-refractivity contribution in [1.82, 2.24) is 29.1 Å². The zero-order valence-corrected chi connectivity index (χ0v) is 27.1. The summed E-state index contributed by atoms with van der Waals surface area (Å²) in [7, 11) is 3.32. The van der Waals surface area contributed by atoms with Crippen molar-refractivity contribution in [1.29, 1.82) is 0 Å². The third-order valence-electron chi connectivity index (χ3n) is 7.83. The maximum absolute atomic E-state index is 14.4. The maximum Gasteiger partial charge on any atom is 0.281 e. The van der Waals surface area contributed by atoms with Gasteiger partial charge in [0.25, 0.3) is 17.4 Å². The van der Waals surface area contributed by atoms with Gasteiger partial charge in [-0.15, -0.1) is 0 Å². The summed E-state index contributed by atoms with van der Waals surface area (Å²) >= 11 is 7.23. The van der Waals surface area contributed by atoms with Crippen LogP contribution >= 0.6 is 23.5 Å². The van der Waals surface area contributed by atoms with Crippen LogP contribution in [0.3, 0.4) is 0 Å². The molecule has 1 saturated heterocycles. The first kappa shape index (κ1) is 32.6. The lowest BCUT2D eigenvalue weighted by molar-refractivity contribution is -0.116. The fraction of sp³-hybridized carbons (Fsp3) is 0.387. The van der Waals surface area contributed by atoms with E-state index in [0.717, 1.165) is 23.1 Å². The molecule has 45 heavy (non-hydrogen) atoms. The molecule has 2 N–H and O–H groups in total. The van der Waals surface area contributed by atoms with Crippen molar-refractivity contribution in [2.45, 2.75) is 32.2 Å². The molecule has 1 amide bonds. The Bertz CT molecular complexity index is 1790. The second-order valence-electron chi connectivity index (χ2n) is 11.3. The molecule has 1 aliphatic heterocycles. The van der Waals surface area contributed by atoms with E-state index in [9.17, 15) is 18.4 Å². The van der Waals surface area contributed by atoms with Gasteiger partial charge in [0, 0.05) is 36.7 Å². The second-order valence-corrected chi connectivity index (χ2v) is 12.3. The van der Waals surface area contributed by atoms with Crippen molar-refractivity contribution in [3.8, 4) is 17.3 Å². The number of halogens is 3. The Kier molecular flexibility index (Phi) is 9.61. The number of hydrogen-bond acceptors (Lipinski definition) is 9. The van der Waals surface area contributed by atoms with Crippen molar-refractivity contribution < 1.29 is 18.3 Å². The summed E-state index contributed by atoms with van der Waals surface area (Å²) < 4.78 is 38.7. The molecule has 0 bridgehead atoms. The number of fused-ring (bicyclic) bond motifs is 1. The number of piperidine rings is 1. The van der Waals surface area contributed by atoms with Gasteiger partial charge in [-0.2, -0.15) is 0 Å². The van der Waals surface area contributed by atoms with Crippen molar-refractivity contribution in [3.63, 3.8) is 0 Å². The number of carbonyl (C=O) groups excluding carboxylic acids is 1. The Hall–Kier alpha value is -3.81. The van der Waals surface area contributed by atoms with Gasteiger partial charge in [0.2, 0.25) is 5.88 Å². The minimum Gasteiger partial charge on any atom is -0.477 e. The minimum absolute atomic E-state index is 0.137. The van der Waals surface area contributed by atoms with Crippen LogP contribution in [0, 0.1) is 12.8 Å². The number of likely N-dealkylation sites (tertiary alicyclic amines) is 1. The number of nitrogens with zero attached hydrogens (tertiary/aromatic N) is 5. The molecule has 238 valence electrons. The van der Waals surface area contributed by atoms with Crippen molar-refractivity contribution in [2.75, 3.05) is 38.3 Å². The highest BCUT2D eigenvalue weighted by Crippen LogP contribution is 2.33. The second kappa shape index (κ2) is 13.3. The maximum atomic E-state index is 14.4. The normalized spacial score (nSPS) is 17.2. The Morgan fingerprint density at radius 1 is 1.22 bits per heavy atom. The number of ether oxygens (including phenoxy) is 1. The van der Waals surface area contributed by atoms with Crippen molar-refractivity contribution in [3.05, 3.63) is 74.9 Å². The molecule has 2 unspecified atom stereocenters. The lowest BCUT2D eigenvalue weighted by Crippen LogP contribution is -2.48. The predicted molar refractivity (Wildman–Crippen MR) is 173 cm³/mol. The molecule has 4 heterocycles. The summed E-state index contributed by atoms with van der Waals surface area (Å²) in [5, 5.41) is 3.95. The first-order chi connectivity index (χ1) is 21.4. The van der Waals surface area contributed by atoms with E-state index in [4.69, 9.17) is 21.3 Å². The van der Waals surface area contributed by atoms with Crippen LogP contribution in [0.4, 0.5) is 14.5 Å². The highest BCUT2D eigenvalue weighted by molar-refractivity contribution is 7.97. The van der Waals surface area contributed by atoms with Gasteiger partial charge in [-0.1, -0.05) is 29.6 Å². The standard InChI is InChI=1S/C31H34ClF2N7O3S/c1-17-12-21(18(2)36-23-7-8-24(32)37-27(23)29(42)39-45-5)26-22(13-17)30(43)41(4)28(38-26)19-6-9-25(35-14-19)44-15-20-10-11-40(3)16-31(20,33)34/h6-9,12-14,18,20,36H,10-11,15-16H2,1-5H3,(H,39,42).